The summed E-state index contributed by atoms with van der Waals surface area (Å²) < 4.78 is 26.7. The lowest BCUT2D eigenvalue weighted by atomic mass is 10.0. The van der Waals surface area contributed by atoms with E-state index in [4.69, 9.17) is 0 Å². The molecule has 0 saturated heterocycles. The highest BCUT2D eigenvalue weighted by atomic mass is 19.1. The van der Waals surface area contributed by atoms with Crippen LogP contribution in [0.2, 0.25) is 0 Å². The van der Waals surface area contributed by atoms with Crippen LogP contribution in [-0.4, -0.2) is 10.1 Å². The first-order chi connectivity index (χ1) is 9.58. The molecule has 3 aromatic rings. The molecule has 1 aromatic heterocycles. The molecule has 0 spiro atoms. The molecule has 100 valence electrons. The molecule has 0 fully saturated rings. The van der Waals surface area contributed by atoms with Crippen LogP contribution in [0.1, 0.15) is 0 Å². The Hall–Kier alpha value is -2.69. The molecule has 0 aliphatic rings. The van der Waals surface area contributed by atoms with Crippen LogP contribution in [0.3, 0.4) is 0 Å². The smallest absolute Gasteiger partial charge is 0.260 e. The minimum atomic E-state index is -0.639. The molecule has 0 unspecified atom stereocenters. The number of halogens is 2. The zero-order valence-electron chi connectivity index (χ0n) is 10.2. The lowest BCUT2D eigenvalue weighted by Gasteiger charge is -2.08. The van der Waals surface area contributed by atoms with E-state index in [1.54, 1.807) is 0 Å². The van der Waals surface area contributed by atoms with Crippen LogP contribution in [0, 0.1) is 11.6 Å². The van der Waals surface area contributed by atoms with Gasteiger partial charge in [0.15, 0.2) is 0 Å². The van der Waals surface area contributed by atoms with Gasteiger partial charge in [0.05, 0.1) is 16.5 Å². The normalized spacial score (nSPS) is 10.9. The molecule has 0 amide bonds. The summed E-state index contributed by atoms with van der Waals surface area (Å²) in [6.07, 6.45) is 0. The highest BCUT2D eigenvalue weighted by molar-refractivity contribution is 5.92. The predicted molar refractivity (Wildman–Crippen MR) is 71.6 cm³/mol. The third-order valence-corrected chi connectivity index (χ3v) is 3.10. The summed E-state index contributed by atoms with van der Waals surface area (Å²) in [5.41, 5.74) is -0.122. The third kappa shape index (κ3) is 1.84. The van der Waals surface area contributed by atoms with Crippen molar-refractivity contribution in [3.8, 4) is 16.9 Å². The van der Waals surface area contributed by atoms with Gasteiger partial charge in [-0.15, -0.1) is 0 Å². The van der Waals surface area contributed by atoms with Crippen molar-refractivity contribution < 1.29 is 13.9 Å². The van der Waals surface area contributed by atoms with Gasteiger partial charge in [0, 0.05) is 0 Å². The van der Waals surface area contributed by atoms with Crippen molar-refractivity contribution in [2.24, 2.45) is 0 Å². The SMILES string of the molecule is O=c1[nH]c2cccc(F)c2c(O)c1-c1ccc(F)cc1. The van der Waals surface area contributed by atoms with E-state index in [0.717, 1.165) is 0 Å². The largest absolute Gasteiger partial charge is 0.506 e. The number of hydrogen-bond donors (Lipinski definition) is 2. The number of hydrogen-bond acceptors (Lipinski definition) is 2. The van der Waals surface area contributed by atoms with E-state index in [2.05, 4.69) is 4.98 Å². The molecule has 2 N–H and O–H groups in total. The number of rotatable bonds is 1. The first kappa shape index (κ1) is 12.3. The quantitative estimate of drug-likeness (QED) is 0.715. The number of benzene rings is 2. The second-order valence-electron chi connectivity index (χ2n) is 4.35. The Balaban J connectivity index is 2.39. The van der Waals surface area contributed by atoms with E-state index in [9.17, 15) is 18.7 Å². The highest BCUT2D eigenvalue weighted by Crippen LogP contribution is 2.33. The molecule has 0 radical (unpaired) electrons. The van der Waals surface area contributed by atoms with Gasteiger partial charge < -0.3 is 10.1 Å². The van der Waals surface area contributed by atoms with Crippen molar-refractivity contribution >= 4 is 10.9 Å². The monoisotopic (exact) mass is 273 g/mol. The molecular weight excluding hydrogens is 264 g/mol. The first-order valence-corrected chi connectivity index (χ1v) is 5.87. The van der Waals surface area contributed by atoms with Gasteiger partial charge in [-0.25, -0.2) is 8.78 Å². The molecule has 1 heterocycles. The fourth-order valence-corrected chi connectivity index (χ4v) is 2.17. The number of pyridine rings is 1. The zero-order valence-corrected chi connectivity index (χ0v) is 10.2. The zero-order chi connectivity index (χ0) is 14.3. The standard InChI is InChI=1S/C15H9F2NO2/c16-9-6-4-8(5-7-9)12-14(19)13-10(17)2-1-3-11(13)18-15(12)20/h1-7H,(H2,18,19,20). The van der Waals surface area contributed by atoms with Gasteiger partial charge in [0.1, 0.15) is 17.4 Å². The van der Waals surface area contributed by atoms with Crippen LogP contribution in [0.15, 0.2) is 47.3 Å². The number of aromatic amines is 1. The van der Waals surface area contributed by atoms with Crippen molar-refractivity contribution in [3.05, 3.63) is 64.5 Å². The number of aromatic hydroxyl groups is 1. The van der Waals surface area contributed by atoms with Crippen molar-refractivity contribution in [1.29, 1.82) is 0 Å². The van der Waals surface area contributed by atoms with E-state index >= 15 is 0 Å². The molecule has 0 saturated carbocycles. The molecule has 5 heteroatoms. The summed E-state index contributed by atoms with van der Waals surface area (Å²) in [6, 6.07) is 9.16. The Bertz CT molecular complexity index is 854. The lowest BCUT2D eigenvalue weighted by Crippen LogP contribution is -2.09. The van der Waals surface area contributed by atoms with Gasteiger partial charge in [-0.2, -0.15) is 0 Å². The van der Waals surface area contributed by atoms with E-state index in [1.807, 2.05) is 0 Å². The maximum Gasteiger partial charge on any atom is 0.260 e. The first-order valence-electron chi connectivity index (χ1n) is 5.87. The van der Waals surface area contributed by atoms with Crippen molar-refractivity contribution in [2.45, 2.75) is 0 Å². The number of H-pyrrole nitrogens is 1. The van der Waals surface area contributed by atoms with Crippen LogP contribution >= 0.6 is 0 Å². The van der Waals surface area contributed by atoms with Gasteiger partial charge in [-0.3, -0.25) is 4.79 Å². The molecule has 0 aliphatic carbocycles. The average molecular weight is 273 g/mol. The summed E-state index contributed by atoms with van der Waals surface area (Å²) in [5, 5.41) is 10.1. The molecule has 0 atom stereocenters. The maximum absolute atomic E-state index is 13.8. The third-order valence-electron chi connectivity index (χ3n) is 3.10. The second kappa shape index (κ2) is 4.45. The van der Waals surface area contributed by atoms with Gasteiger partial charge >= 0.3 is 0 Å². The van der Waals surface area contributed by atoms with Crippen LogP contribution in [0.4, 0.5) is 8.78 Å². The Morgan fingerprint density at radius 3 is 2.40 bits per heavy atom. The van der Waals surface area contributed by atoms with Crippen LogP contribution in [0.5, 0.6) is 5.75 Å². The molecule has 0 bridgehead atoms. The van der Waals surface area contributed by atoms with Crippen molar-refractivity contribution in [2.75, 3.05) is 0 Å². The van der Waals surface area contributed by atoms with Crippen LogP contribution in [0.25, 0.3) is 22.0 Å². The van der Waals surface area contributed by atoms with Crippen molar-refractivity contribution in [3.63, 3.8) is 0 Å². The fraction of sp³-hybridized carbons (Fsp3) is 0. The molecule has 2 aromatic carbocycles. The van der Waals surface area contributed by atoms with Crippen molar-refractivity contribution in [1.82, 2.24) is 4.98 Å². The minimum absolute atomic E-state index is 0.0635. The minimum Gasteiger partial charge on any atom is -0.506 e. The maximum atomic E-state index is 13.8. The van der Waals surface area contributed by atoms with Crippen LogP contribution in [-0.2, 0) is 0 Å². The number of nitrogens with one attached hydrogen (secondary N) is 1. The lowest BCUT2D eigenvalue weighted by molar-refractivity contribution is 0.479. The summed E-state index contributed by atoms with van der Waals surface area (Å²) in [4.78, 5) is 14.5. The van der Waals surface area contributed by atoms with Gasteiger partial charge in [0.2, 0.25) is 0 Å². The Kier molecular flexibility index (Phi) is 2.75. The van der Waals surface area contributed by atoms with Gasteiger partial charge in [0.25, 0.3) is 5.56 Å². The number of fused-ring (bicyclic) bond motifs is 1. The highest BCUT2D eigenvalue weighted by Gasteiger charge is 2.16. The summed E-state index contributed by atoms with van der Waals surface area (Å²) >= 11 is 0. The summed E-state index contributed by atoms with van der Waals surface area (Å²) in [6.45, 7) is 0. The van der Waals surface area contributed by atoms with Gasteiger partial charge in [-0.05, 0) is 29.8 Å². The Morgan fingerprint density at radius 2 is 1.70 bits per heavy atom. The Labute approximate surface area is 112 Å². The molecule has 0 aliphatic heterocycles. The van der Waals surface area contributed by atoms with E-state index in [0.29, 0.717) is 5.56 Å². The summed E-state index contributed by atoms with van der Waals surface area (Å²) in [5.74, 6) is -1.55. The molecule has 3 nitrogen and oxygen atoms in total. The second-order valence-corrected chi connectivity index (χ2v) is 4.35. The van der Waals surface area contributed by atoms with E-state index < -0.39 is 22.9 Å². The fourth-order valence-electron chi connectivity index (χ4n) is 2.17. The topological polar surface area (TPSA) is 53.1 Å². The van der Waals surface area contributed by atoms with Gasteiger partial charge in [-0.1, -0.05) is 18.2 Å². The predicted octanol–water partition coefficient (Wildman–Crippen LogP) is 3.18. The molecular formula is C15H9F2NO2. The summed E-state index contributed by atoms with van der Waals surface area (Å²) in [7, 11) is 0. The van der Waals surface area contributed by atoms with Crippen LogP contribution < -0.4 is 5.56 Å². The average Bonchev–Trinajstić information content (AvgIpc) is 2.40. The number of aromatic nitrogens is 1. The van der Waals surface area contributed by atoms with E-state index in [1.165, 1.54) is 42.5 Å². The molecule has 20 heavy (non-hydrogen) atoms. The van der Waals surface area contributed by atoms with E-state index in [-0.39, 0.29) is 16.5 Å². The Morgan fingerprint density at radius 1 is 1.00 bits per heavy atom. The molecule has 3 rings (SSSR count).